The molecular weight excluding hydrogens is 376 g/mol. The Morgan fingerprint density at radius 2 is 1.77 bits per heavy atom. The molecule has 1 spiro atoms. The van der Waals surface area contributed by atoms with Crippen molar-refractivity contribution in [1.29, 1.82) is 0 Å². The second kappa shape index (κ2) is 7.18. The van der Waals surface area contributed by atoms with Crippen LogP contribution in [0.3, 0.4) is 0 Å². The van der Waals surface area contributed by atoms with Gasteiger partial charge in [0.05, 0.1) is 24.7 Å². The number of likely N-dealkylation sites (tertiary alicyclic amines) is 1. The normalized spacial score (nSPS) is 33.4. The molecule has 0 bridgehead atoms. The van der Waals surface area contributed by atoms with Gasteiger partial charge in [0.2, 0.25) is 0 Å². The Hall–Kier alpha value is -1.69. The van der Waals surface area contributed by atoms with Gasteiger partial charge in [0.1, 0.15) is 6.61 Å². The molecule has 5 nitrogen and oxygen atoms in total. The van der Waals surface area contributed by atoms with E-state index < -0.39 is 0 Å². The number of benzene rings is 1. The quantitative estimate of drug-likeness (QED) is 0.739. The van der Waals surface area contributed by atoms with Crippen molar-refractivity contribution in [2.24, 2.45) is 10.4 Å². The molecule has 0 N–H and O–H groups in total. The van der Waals surface area contributed by atoms with Gasteiger partial charge in [-0.15, -0.1) is 0 Å². The molecule has 4 aliphatic rings. The van der Waals surface area contributed by atoms with Crippen LogP contribution in [0.4, 0.5) is 0 Å². The van der Waals surface area contributed by atoms with Crippen molar-refractivity contribution in [2.75, 3.05) is 32.9 Å². The number of ether oxygens (including phenoxy) is 3. The lowest BCUT2D eigenvalue weighted by Crippen LogP contribution is -2.58. The van der Waals surface area contributed by atoms with Crippen LogP contribution in [0, 0.1) is 5.41 Å². The van der Waals surface area contributed by atoms with Crippen LogP contribution in [0.1, 0.15) is 51.7 Å². The van der Waals surface area contributed by atoms with Gasteiger partial charge in [-0.25, -0.2) is 4.99 Å². The lowest BCUT2D eigenvalue weighted by molar-refractivity contribution is -0.187. The van der Waals surface area contributed by atoms with Crippen LogP contribution >= 0.6 is 0 Å². The number of rotatable bonds is 2. The van der Waals surface area contributed by atoms with E-state index >= 15 is 0 Å². The molecule has 0 amide bonds. The van der Waals surface area contributed by atoms with Gasteiger partial charge in [0.15, 0.2) is 11.7 Å². The van der Waals surface area contributed by atoms with Crippen molar-refractivity contribution in [3.63, 3.8) is 0 Å². The molecule has 0 aromatic heterocycles. The third-order valence-corrected chi connectivity index (χ3v) is 7.43. The molecule has 1 aliphatic carbocycles. The van der Waals surface area contributed by atoms with Crippen LogP contribution in [0.5, 0.6) is 0 Å². The zero-order chi connectivity index (χ0) is 21.0. The predicted octanol–water partition coefficient (Wildman–Crippen LogP) is 4.02. The van der Waals surface area contributed by atoms with Gasteiger partial charge in [0.25, 0.3) is 0 Å². The highest BCUT2D eigenvalue weighted by molar-refractivity contribution is 5.93. The maximum Gasteiger partial charge on any atom is 0.196 e. The topological polar surface area (TPSA) is 43.3 Å². The second-order valence-electron chi connectivity index (χ2n) is 10.4. The SMILES string of the molecule is CC(C)(C)[C@H]1COC([C@]2(C)c3ccccc3C=C[C@@H]2N2CCC3(CC2)OCCO3)=N1. The van der Waals surface area contributed by atoms with E-state index in [0.29, 0.717) is 19.8 Å². The molecule has 162 valence electrons. The molecule has 5 rings (SSSR count). The molecule has 3 heterocycles. The van der Waals surface area contributed by atoms with Crippen molar-refractivity contribution in [3.8, 4) is 0 Å². The van der Waals surface area contributed by atoms with Crippen molar-refractivity contribution >= 4 is 12.0 Å². The largest absolute Gasteiger partial charge is 0.478 e. The van der Waals surface area contributed by atoms with Crippen molar-refractivity contribution < 1.29 is 14.2 Å². The summed E-state index contributed by atoms with van der Waals surface area (Å²) >= 11 is 0. The molecule has 3 atom stereocenters. The average molecular weight is 411 g/mol. The highest BCUT2D eigenvalue weighted by Crippen LogP contribution is 2.44. The van der Waals surface area contributed by atoms with E-state index in [0.717, 1.165) is 31.8 Å². The predicted molar refractivity (Wildman–Crippen MR) is 119 cm³/mol. The fraction of sp³-hybridized carbons (Fsp3) is 0.640. The Labute approximate surface area is 180 Å². The molecule has 5 heteroatoms. The maximum absolute atomic E-state index is 6.35. The third kappa shape index (κ3) is 3.22. The Morgan fingerprint density at radius 3 is 2.43 bits per heavy atom. The van der Waals surface area contributed by atoms with E-state index in [2.05, 4.69) is 69.0 Å². The lowest BCUT2D eigenvalue weighted by atomic mass is 9.69. The zero-order valence-electron chi connectivity index (χ0n) is 18.7. The first-order valence-electron chi connectivity index (χ1n) is 11.3. The molecule has 3 aliphatic heterocycles. The van der Waals surface area contributed by atoms with E-state index in [4.69, 9.17) is 19.2 Å². The first-order chi connectivity index (χ1) is 14.3. The van der Waals surface area contributed by atoms with Gasteiger partial charge in [-0.1, -0.05) is 57.2 Å². The zero-order valence-corrected chi connectivity index (χ0v) is 18.7. The molecular formula is C25H34N2O3. The molecule has 0 saturated carbocycles. The van der Waals surface area contributed by atoms with Crippen LogP contribution in [0.15, 0.2) is 35.3 Å². The summed E-state index contributed by atoms with van der Waals surface area (Å²) in [6.45, 7) is 13.0. The van der Waals surface area contributed by atoms with Crippen molar-refractivity contribution in [1.82, 2.24) is 4.90 Å². The first-order valence-corrected chi connectivity index (χ1v) is 11.3. The Bertz CT molecular complexity index is 855. The standard InChI is InChI=1S/C25H34N2O3/c1-23(2,3)20-17-28-22(26-20)24(4)19-8-6-5-7-18(19)9-10-21(24)27-13-11-25(12-14-27)29-15-16-30-25/h5-10,20-21H,11-17H2,1-4H3/t20-,21+,24-/m1/s1. The van der Waals surface area contributed by atoms with Gasteiger partial charge in [0, 0.05) is 32.0 Å². The molecule has 0 radical (unpaired) electrons. The summed E-state index contributed by atoms with van der Waals surface area (Å²) in [4.78, 5) is 7.72. The first kappa shape index (κ1) is 20.2. The number of piperidine rings is 1. The van der Waals surface area contributed by atoms with Crippen LogP contribution in [-0.2, 0) is 19.6 Å². The van der Waals surface area contributed by atoms with Crippen LogP contribution in [0.25, 0.3) is 6.08 Å². The summed E-state index contributed by atoms with van der Waals surface area (Å²) in [6, 6.07) is 9.07. The van der Waals surface area contributed by atoms with Crippen molar-refractivity contribution in [2.45, 2.75) is 63.8 Å². The highest BCUT2D eigenvalue weighted by atomic mass is 16.7. The van der Waals surface area contributed by atoms with Gasteiger partial charge in [-0.3, -0.25) is 4.90 Å². The molecule has 1 aromatic carbocycles. The van der Waals surface area contributed by atoms with Crippen LogP contribution in [-0.4, -0.2) is 61.6 Å². The minimum Gasteiger partial charge on any atom is -0.478 e. The number of fused-ring (bicyclic) bond motifs is 1. The minimum absolute atomic E-state index is 0.0896. The van der Waals surface area contributed by atoms with Crippen molar-refractivity contribution in [3.05, 3.63) is 41.5 Å². The number of hydrogen-bond acceptors (Lipinski definition) is 5. The summed E-state index contributed by atoms with van der Waals surface area (Å²) in [5, 5.41) is 0. The van der Waals surface area contributed by atoms with E-state index in [-0.39, 0.29) is 28.7 Å². The minimum atomic E-state index is -0.359. The van der Waals surface area contributed by atoms with Gasteiger partial charge >= 0.3 is 0 Å². The maximum atomic E-state index is 6.35. The fourth-order valence-corrected chi connectivity index (χ4v) is 5.42. The summed E-state index contributed by atoms with van der Waals surface area (Å²) < 4.78 is 18.3. The Balaban J connectivity index is 1.49. The highest BCUT2D eigenvalue weighted by Gasteiger charge is 2.51. The Morgan fingerprint density at radius 1 is 1.07 bits per heavy atom. The third-order valence-electron chi connectivity index (χ3n) is 7.43. The van der Waals surface area contributed by atoms with E-state index in [9.17, 15) is 0 Å². The summed E-state index contributed by atoms with van der Waals surface area (Å²) in [5.41, 5.74) is 2.34. The molecule has 2 fully saturated rings. The molecule has 2 saturated heterocycles. The number of hydrogen-bond donors (Lipinski definition) is 0. The average Bonchev–Trinajstić information content (AvgIpc) is 3.40. The molecule has 0 unspecified atom stereocenters. The van der Waals surface area contributed by atoms with Gasteiger partial charge < -0.3 is 14.2 Å². The number of nitrogens with zero attached hydrogens (tertiary/aromatic N) is 2. The van der Waals surface area contributed by atoms with Gasteiger partial charge in [-0.05, 0) is 23.5 Å². The summed E-state index contributed by atoms with van der Waals surface area (Å²) in [7, 11) is 0. The number of aliphatic imine (C=N–C) groups is 1. The molecule has 1 aromatic rings. The Kier molecular flexibility index (Phi) is 4.84. The smallest absolute Gasteiger partial charge is 0.196 e. The van der Waals surface area contributed by atoms with E-state index in [1.807, 2.05) is 0 Å². The van der Waals surface area contributed by atoms with Gasteiger partial charge in [-0.2, -0.15) is 0 Å². The van der Waals surface area contributed by atoms with Crippen LogP contribution in [0.2, 0.25) is 0 Å². The lowest BCUT2D eigenvalue weighted by Gasteiger charge is -2.48. The van der Waals surface area contributed by atoms with Crippen LogP contribution < -0.4 is 0 Å². The fourth-order valence-electron chi connectivity index (χ4n) is 5.42. The molecule has 30 heavy (non-hydrogen) atoms. The van der Waals surface area contributed by atoms with E-state index in [1.54, 1.807) is 0 Å². The summed E-state index contributed by atoms with van der Waals surface area (Å²) in [6.07, 6.45) is 6.44. The van der Waals surface area contributed by atoms with E-state index in [1.165, 1.54) is 11.1 Å². The summed E-state index contributed by atoms with van der Waals surface area (Å²) in [5.74, 6) is 0.528. The second-order valence-corrected chi connectivity index (χ2v) is 10.4. The monoisotopic (exact) mass is 410 g/mol.